The molecule has 1 amide bonds. The Balaban J connectivity index is 2.15. The normalized spacial score (nSPS) is 34.5. The number of carbonyl (C=O) groups excluding carboxylic acids is 1. The molecule has 2 rings (SSSR count). The van der Waals surface area contributed by atoms with Gasteiger partial charge in [-0.2, -0.15) is 13.2 Å². The number of nitrogens with zero attached hydrogens (tertiary/aromatic N) is 1. The van der Waals surface area contributed by atoms with E-state index in [1.54, 1.807) is 0 Å². The van der Waals surface area contributed by atoms with Gasteiger partial charge in [-0.1, -0.05) is 6.92 Å². The fraction of sp³-hybridized carbons (Fsp3) is 0.833. The van der Waals surface area contributed by atoms with E-state index in [9.17, 15) is 22.8 Å². The van der Waals surface area contributed by atoms with Crippen molar-refractivity contribution in [1.82, 2.24) is 10.2 Å². The van der Waals surface area contributed by atoms with Crippen molar-refractivity contribution in [1.29, 1.82) is 0 Å². The van der Waals surface area contributed by atoms with Gasteiger partial charge in [0.25, 0.3) is 0 Å². The van der Waals surface area contributed by atoms with Crippen LogP contribution in [0, 0.1) is 11.3 Å². The first-order valence-electron chi connectivity index (χ1n) is 6.51. The van der Waals surface area contributed by atoms with Gasteiger partial charge in [-0.15, -0.1) is 0 Å². The molecule has 2 N–H and O–H groups in total. The van der Waals surface area contributed by atoms with Crippen LogP contribution < -0.4 is 5.32 Å². The van der Waals surface area contributed by atoms with Gasteiger partial charge in [0.2, 0.25) is 5.91 Å². The van der Waals surface area contributed by atoms with Crippen LogP contribution in [0.3, 0.4) is 0 Å². The molecule has 20 heavy (non-hydrogen) atoms. The predicted octanol–water partition coefficient (Wildman–Crippen LogP) is 0.850. The Morgan fingerprint density at radius 1 is 1.40 bits per heavy atom. The molecule has 0 aromatic heterocycles. The molecule has 2 fully saturated rings. The molecule has 3 atom stereocenters. The third kappa shape index (κ3) is 2.25. The molecule has 114 valence electrons. The number of carboxylic acid groups (broad SMARTS) is 1. The van der Waals surface area contributed by atoms with E-state index in [4.69, 9.17) is 5.11 Å². The number of rotatable bonds is 2. The van der Waals surface area contributed by atoms with E-state index in [0.717, 1.165) is 11.3 Å². The Bertz CT molecular complexity index is 427. The van der Waals surface area contributed by atoms with E-state index in [1.807, 2.05) is 6.92 Å². The average molecular weight is 294 g/mol. The highest BCUT2D eigenvalue weighted by molar-refractivity contribution is 5.85. The first-order valence-corrected chi connectivity index (χ1v) is 6.51. The standard InChI is InChI=1S/C12H17F3N2O3/c1-7-2-4-16-8(7)9(18)17-5-3-11(6-17,10(19)20)12(13,14)15/h7-8,16H,2-6H2,1H3,(H,19,20). The van der Waals surface area contributed by atoms with E-state index in [-0.39, 0.29) is 12.5 Å². The number of carboxylic acids is 1. The molecule has 0 saturated carbocycles. The first kappa shape index (κ1) is 15.1. The second-order valence-corrected chi connectivity index (χ2v) is 5.59. The molecule has 2 saturated heterocycles. The van der Waals surface area contributed by atoms with Crippen LogP contribution in [0.2, 0.25) is 0 Å². The van der Waals surface area contributed by atoms with Gasteiger partial charge in [0, 0.05) is 13.1 Å². The summed E-state index contributed by atoms with van der Waals surface area (Å²) in [6, 6.07) is -0.507. The van der Waals surface area contributed by atoms with Crippen molar-refractivity contribution in [2.45, 2.75) is 32.0 Å². The minimum atomic E-state index is -4.86. The lowest BCUT2D eigenvalue weighted by Gasteiger charge is -2.28. The smallest absolute Gasteiger partial charge is 0.406 e. The van der Waals surface area contributed by atoms with Gasteiger partial charge in [0.05, 0.1) is 6.04 Å². The van der Waals surface area contributed by atoms with E-state index in [0.29, 0.717) is 6.54 Å². The largest absolute Gasteiger partial charge is 0.481 e. The summed E-state index contributed by atoms with van der Waals surface area (Å²) in [6.07, 6.45) is -4.66. The maximum atomic E-state index is 13.0. The van der Waals surface area contributed by atoms with Crippen molar-refractivity contribution in [3.63, 3.8) is 0 Å². The van der Waals surface area contributed by atoms with E-state index in [2.05, 4.69) is 5.32 Å². The highest BCUT2D eigenvalue weighted by Gasteiger charge is 2.64. The molecule has 0 spiro atoms. The lowest BCUT2D eigenvalue weighted by molar-refractivity contribution is -0.227. The fourth-order valence-electron chi connectivity index (χ4n) is 2.89. The zero-order chi connectivity index (χ0) is 15.1. The number of carbonyl (C=O) groups is 2. The highest BCUT2D eigenvalue weighted by Crippen LogP contribution is 2.46. The predicted molar refractivity (Wildman–Crippen MR) is 62.9 cm³/mol. The van der Waals surface area contributed by atoms with Crippen LogP contribution in [0.25, 0.3) is 0 Å². The Labute approximate surface area is 114 Å². The van der Waals surface area contributed by atoms with Crippen molar-refractivity contribution in [3.8, 4) is 0 Å². The minimum absolute atomic E-state index is 0.0493. The maximum absolute atomic E-state index is 13.0. The van der Waals surface area contributed by atoms with Crippen LogP contribution in [0.1, 0.15) is 19.8 Å². The summed E-state index contributed by atoms with van der Waals surface area (Å²) in [7, 11) is 0. The number of nitrogens with one attached hydrogen (secondary N) is 1. The summed E-state index contributed by atoms with van der Waals surface area (Å²) < 4.78 is 39.1. The van der Waals surface area contributed by atoms with Crippen molar-refractivity contribution >= 4 is 11.9 Å². The Kier molecular flexibility index (Phi) is 3.70. The lowest BCUT2D eigenvalue weighted by Crippen LogP contribution is -2.50. The molecule has 2 aliphatic rings. The molecule has 0 aromatic rings. The Morgan fingerprint density at radius 3 is 2.45 bits per heavy atom. The summed E-state index contributed by atoms with van der Waals surface area (Å²) in [5.41, 5.74) is -2.83. The molecule has 0 bridgehead atoms. The number of amides is 1. The van der Waals surface area contributed by atoms with Gasteiger partial charge in [-0.25, -0.2) is 0 Å². The number of alkyl halides is 3. The van der Waals surface area contributed by atoms with E-state index < -0.39 is 42.5 Å². The molecular weight excluding hydrogens is 277 g/mol. The molecular formula is C12H17F3N2O3. The summed E-state index contributed by atoms with van der Waals surface area (Å²) in [6.45, 7) is 1.53. The average Bonchev–Trinajstić information content (AvgIpc) is 2.93. The molecule has 2 heterocycles. The minimum Gasteiger partial charge on any atom is -0.481 e. The van der Waals surface area contributed by atoms with Crippen LogP contribution in [0.15, 0.2) is 0 Å². The van der Waals surface area contributed by atoms with Gasteiger partial charge in [0.1, 0.15) is 0 Å². The molecule has 2 aliphatic heterocycles. The van der Waals surface area contributed by atoms with Crippen molar-refractivity contribution in [2.75, 3.05) is 19.6 Å². The second kappa shape index (κ2) is 4.91. The zero-order valence-corrected chi connectivity index (χ0v) is 11.0. The first-order chi connectivity index (χ1) is 9.19. The molecule has 8 heteroatoms. The van der Waals surface area contributed by atoms with Crippen molar-refractivity contribution in [2.24, 2.45) is 11.3 Å². The van der Waals surface area contributed by atoms with Crippen LogP contribution in [0.5, 0.6) is 0 Å². The van der Waals surface area contributed by atoms with Gasteiger partial charge in [0.15, 0.2) is 5.41 Å². The number of aliphatic carboxylic acids is 1. The molecule has 0 aliphatic carbocycles. The van der Waals surface area contributed by atoms with Crippen molar-refractivity contribution < 1.29 is 27.9 Å². The third-order valence-corrected chi connectivity index (χ3v) is 4.33. The van der Waals surface area contributed by atoms with Crippen LogP contribution in [-0.2, 0) is 9.59 Å². The van der Waals surface area contributed by atoms with E-state index in [1.165, 1.54) is 0 Å². The molecule has 5 nitrogen and oxygen atoms in total. The Hall–Kier alpha value is -1.31. The number of halogens is 3. The SMILES string of the molecule is CC1CCNC1C(=O)N1CCC(C(=O)O)(C(F)(F)F)C1. The third-order valence-electron chi connectivity index (χ3n) is 4.33. The molecule has 0 aromatic carbocycles. The van der Waals surface area contributed by atoms with Gasteiger partial charge in [-0.05, 0) is 25.3 Å². The highest BCUT2D eigenvalue weighted by atomic mass is 19.4. The lowest BCUT2D eigenvalue weighted by atomic mass is 9.86. The molecule has 0 radical (unpaired) electrons. The summed E-state index contributed by atoms with van der Waals surface area (Å²) in [5.74, 6) is -2.29. The van der Waals surface area contributed by atoms with Gasteiger partial charge in [-0.3, -0.25) is 9.59 Å². The molecule has 3 unspecified atom stereocenters. The van der Waals surface area contributed by atoms with Crippen molar-refractivity contribution in [3.05, 3.63) is 0 Å². The van der Waals surface area contributed by atoms with Crippen LogP contribution >= 0.6 is 0 Å². The number of hydrogen-bond acceptors (Lipinski definition) is 3. The second-order valence-electron chi connectivity index (χ2n) is 5.59. The van der Waals surface area contributed by atoms with Gasteiger partial charge >= 0.3 is 12.1 Å². The summed E-state index contributed by atoms with van der Waals surface area (Å²) in [4.78, 5) is 24.3. The maximum Gasteiger partial charge on any atom is 0.406 e. The zero-order valence-electron chi connectivity index (χ0n) is 11.0. The summed E-state index contributed by atoms with van der Waals surface area (Å²) in [5, 5.41) is 11.9. The van der Waals surface area contributed by atoms with E-state index >= 15 is 0 Å². The quantitative estimate of drug-likeness (QED) is 0.792. The number of hydrogen-bond donors (Lipinski definition) is 2. The van der Waals surface area contributed by atoms with Crippen LogP contribution in [0.4, 0.5) is 13.2 Å². The van der Waals surface area contributed by atoms with Crippen LogP contribution in [-0.4, -0.2) is 53.7 Å². The number of likely N-dealkylation sites (tertiary alicyclic amines) is 1. The summed E-state index contributed by atoms with van der Waals surface area (Å²) >= 11 is 0. The van der Waals surface area contributed by atoms with Gasteiger partial charge < -0.3 is 15.3 Å². The Morgan fingerprint density at radius 2 is 2.05 bits per heavy atom. The monoisotopic (exact) mass is 294 g/mol. The fourth-order valence-corrected chi connectivity index (χ4v) is 2.89. The topological polar surface area (TPSA) is 69.6 Å².